The Balaban J connectivity index is 3.02. The van der Waals surface area contributed by atoms with E-state index in [9.17, 15) is 9.59 Å². The molecule has 0 aliphatic heterocycles. The number of anilines is 1. The Kier molecular flexibility index (Phi) is 5.11. The van der Waals surface area contributed by atoms with Gasteiger partial charge in [-0.15, -0.1) is 0 Å². The summed E-state index contributed by atoms with van der Waals surface area (Å²) < 4.78 is 4.70. The highest BCUT2D eigenvalue weighted by Crippen LogP contribution is 2.15. The number of esters is 1. The van der Waals surface area contributed by atoms with E-state index in [1.54, 1.807) is 19.1 Å². The van der Waals surface area contributed by atoms with Gasteiger partial charge in [-0.25, -0.2) is 9.59 Å². The minimum atomic E-state index is -1.30. The largest absolute Gasteiger partial charge is 0.477 e. The third kappa shape index (κ3) is 4.13. The molecule has 0 saturated carbocycles. The maximum Gasteiger partial charge on any atom is 0.345 e. The van der Waals surface area contributed by atoms with Crippen LogP contribution in [0.15, 0.2) is 29.8 Å². The summed E-state index contributed by atoms with van der Waals surface area (Å²) in [5.74, 6) is -2.12. The van der Waals surface area contributed by atoms with Gasteiger partial charge in [-0.3, -0.25) is 0 Å². The number of nitrogens with zero attached hydrogens (tertiary/aromatic N) is 1. The quantitative estimate of drug-likeness (QED) is 0.379. The van der Waals surface area contributed by atoms with E-state index < -0.39 is 11.9 Å². The highest BCUT2D eigenvalue weighted by Gasteiger charge is 2.18. The van der Waals surface area contributed by atoms with E-state index >= 15 is 0 Å². The molecule has 0 bridgehead atoms. The molecule has 1 aromatic rings. The molecule has 0 radical (unpaired) electrons. The van der Waals surface area contributed by atoms with Crippen molar-refractivity contribution in [3.05, 3.63) is 35.4 Å². The van der Waals surface area contributed by atoms with E-state index in [-0.39, 0.29) is 12.2 Å². The van der Waals surface area contributed by atoms with Crippen molar-refractivity contribution in [2.24, 2.45) is 0 Å². The van der Waals surface area contributed by atoms with Crippen molar-refractivity contribution in [1.29, 1.82) is 0 Å². The molecule has 1 N–H and O–H groups in total. The summed E-state index contributed by atoms with van der Waals surface area (Å²) in [7, 11) is 3.82. The van der Waals surface area contributed by atoms with Crippen molar-refractivity contribution >= 4 is 23.7 Å². The molecule has 5 nitrogen and oxygen atoms in total. The fourth-order valence-corrected chi connectivity index (χ4v) is 1.45. The van der Waals surface area contributed by atoms with Crippen LogP contribution in [0.4, 0.5) is 5.69 Å². The lowest BCUT2D eigenvalue weighted by Gasteiger charge is -2.12. The third-order valence-electron chi connectivity index (χ3n) is 2.45. The first-order valence-electron chi connectivity index (χ1n) is 5.85. The molecule has 0 fully saturated rings. The maximum absolute atomic E-state index is 11.5. The summed E-state index contributed by atoms with van der Waals surface area (Å²) >= 11 is 0. The molecule has 1 aromatic carbocycles. The number of hydrogen-bond donors (Lipinski definition) is 1. The fourth-order valence-electron chi connectivity index (χ4n) is 1.45. The first-order chi connectivity index (χ1) is 8.95. The van der Waals surface area contributed by atoms with Crippen LogP contribution in [-0.2, 0) is 14.3 Å². The minimum Gasteiger partial charge on any atom is -0.477 e. The standard InChI is InChI=1S/C14H17NO4/c1-4-19-14(18)12(13(16)17)9-10-5-7-11(8-6-10)15(2)3/h5-9H,4H2,1-3H3,(H,16,17). The summed E-state index contributed by atoms with van der Waals surface area (Å²) in [5, 5.41) is 9.00. The zero-order valence-electron chi connectivity index (χ0n) is 11.2. The number of benzene rings is 1. The minimum absolute atomic E-state index is 0.142. The number of rotatable bonds is 5. The number of hydrogen-bond acceptors (Lipinski definition) is 4. The van der Waals surface area contributed by atoms with Crippen molar-refractivity contribution in [2.45, 2.75) is 6.92 Å². The average molecular weight is 263 g/mol. The van der Waals surface area contributed by atoms with E-state index in [1.807, 2.05) is 31.1 Å². The molecule has 0 spiro atoms. The van der Waals surface area contributed by atoms with Crippen LogP contribution in [0.25, 0.3) is 6.08 Å². The molecule has 0 unspecified atom stereocenters. The topological polar surface area (TPSA) is 66.8 Å². The Labute approximate surface area is 112 Å². The monoisotopic (exact) mass is 263 g/mol. The van der Waals surface area contributed by atoms with E-state index in [0.717, 1.165) is 5.69 Å². The van der Waals surface area contributed by atoms with Gasteiger partial charge >= 0.3 is 11.9 Å². The number of carbonyl (C=O) groups excluding carboxylic acids is 1. The van der Waals surface area contributed by atoms with Crippen LogP contribution >= 0.6 is 0 Å². The van der Waals surface area contributed by atoms with Gasteiger partial charge in [0.25, 0.3) is 0 Å². The van der Waals surface area contributed by atoms with Crippen LogP contribution in [0.5, 0.6) is 0 Å². The average Bonchev–Trinajstić information content (AvgIpc) is 2.36. The van der Waals surface area contributed by atoms with Gasteiger partial charge in [0.15, 0.2) is 0 Å². The molecule has 19 heavy (non-hydrogen) atoms. The number of carboxylic acid groups (broad SMARTS) is 1. The van der Waals surface area contributed by atoms with Crippen molar-refractivity contribution in [1.82, 2.24) is 0 Å². The van der Waals surface area contributed by atoms with Crippen molar-refractivity contribution < 1.29 is 19.4 Å². The van der Waals surface area contributed by atoms with Gasteiger partial charge in [-0.2, -0.15) is 0 Å². The highest BCUT2D eigenvalue weighted by molar-refractivity contribution is 6.17. The molecule has 0 atom stereocenters. The second-order valence-electron chi connectivity index (χ2n) is 4.07. The second kappa shape index (κ2) is 6.58. The fraction of sp³-hybridized carbons (Fsp3) is 0.286. The summed E-state index contributed by atoms with van der Waals surface area (Å²) in [6, 6.07) is 7.18. The number of aliphatic carboxylic acids is 1. The molecular weight excluding hydrogens is 246 g/mol. The van der Waals surface area contributed by atoms with Crippen molar-refractivity contribution in [2.75, 3.05) is 25.6 Å². The Bertz CT molecular complexity index is 489. The van der Waals surface area contributed by atoms with Crippen LogP contribution in [0, 0.1) is 0 Å². The van der Waals surface area contributed by atoms with Gasteiger partial charge in [-0.05, 0) is 30.7 Å². The predicted molar refractivity (Wildman–Crippen MR) is 73.0 cm³/mol. The molecule has 102 valence electrons. The zero-order valence-corrected chi connectivity index (χ0v) is 11.2. The van der Waals surface area contributed by atoms with Crippen molar-refractivity contribution in [3.8, 4) is 0 Å². The van der Waals surface area contributed by atoms with Gasteiger partial charge < -0.3 is 14.7 Å². The normalized spacial score (nSPS) is 11.0. The molecule has 0 saturated heterocycles. The Hall–Kier alpha value is -2.30. The highest BCUT2D eigenvalue weighted by atomic mass is 16.5. The Morgan fingerprint density at radius 1 is 1.26 bits per heavy atom. The van der Waals surface area contributed by atoms with Crippen LogP contribution in [0.3, 0.4) is 0 Å². The third-order valence-corrected chi connectivity index (χ3v) is 2.45. The van der Waals surface area contributed by atoms with E-state index in [1.165, 1.54) is 6.08 Å². The molecule has 0 heterocycles. The summed E-state index contributed by atoms with van der Waals surface area (Å²) in [6.07, 6.45) is 1.31. The SMILES string of the molecule is CCOC(=O)C(=Cc1ccc(N(C)C)cc1)C(=O)O. The van der Waals surface area contributed by atoms with Gasteiger partial charge in [0.1, 0.15) is 5.57 Å². The molecule has 0 aliphatic rings. The Morgan fingerprint density at radius 2 is 1.84 bits per heavy atom. The number of carbonyl (C=O) groups is 2. The lowest BCUT2D eigenvalue weighted by Crippen LogP contribution is -2.15. The molecule has 0 amide bonds. The number of ether oxygens (including phenoxy) is 1. The predicted octanol–water partition coefficient (Wildman–Crippen LogP) is 1.78. The number of carboxylic acids is 1. The van der Waals surface area contributed by atoms with Gasteiger partial charge in [0.05, 0.1) is 6.61 Å². The Morgan fingerprint density at radius 3 is 2.26 bits per heavy atom. The van der Waals surface area contributed by atoms with Gasteiger partial charge in [0.2, 0.25) is 0 Å². The van der Waals surface area contributed by atoms with Crippen molar-refractivity contribution in [3.63, 3.8) is 0 Å². The summed E-state index contributed by atoms with van der Waals surface area (Å²) in [6.45, 7) is 1.77. The zero-order chi connectivity index (χ0) is 14.4. The van der Waals surface area contributed by atoms with E-state index in [4.69, 9.17) is 9.84 Å². The molecule has 1 rings (SSSR count). The first kappa shape index (κ1) is 14.8. The van der Waals surface area contributed by atoms with Gasteiger partial charge in [-0.1, -0.05) is 12.1 Å². The van der Waals surface area contributed by atoms with Crippen LogP contribution in [0.1, 0.15) is 12.5 Å². The molecule has 0 aliphatic carbocycles. The molecule has 5 heteroatoms. The van der Waals surface area contributed by atoms with Crippen LogP contribution < -0.4 is 4.90 Å². The first-order valence-corrected chi connectivity index (χ1v) is 5.85. The summed E-state index contributed by atoms with van der Waals surface area (Å²) in [5.41, 5.74) is 1.25. The van der Waals surface area contributed by atoms with Crippen LogP contribution in [-0.4, -0.2) is 37.7 Å². The van der Waals surface area contributed by atoms with Crippen LogP contribution in [0.2, 0.25) is 0 Å². The van der Waals surface area contributed by atoms with Gasteiger partial charge in [0, 0.05) is 19.8 Å². The summed E-state index contributed by atoms with van der Waals surface area (Å²) in [4.78, 5) is 24.4. The second-order valence-corrected chi connectivity index (χ2v) is 4.07. The smallest absolute Gasteiger partial charge is 0.345 e. The molecular formula is C14H17NO4. The lowest BCUT2D eigenvalue weighted by molar-refractivity contribution is -0.143. The lowest BCUT2D eigenvalue weighted by atomic mass is 10.1. The maximum atomic E-state index is 11.5. The van der Waals surface area contributed by atoms with E-state index in [2.05, 4.69) is 0 Å². The molecule has 0 aromatic heterocycles. The van der Waals surface area contributed by atoms with E-state index in [0.29, 0.717) is 5.56 Å².